The quantitative estimate of drug-likeness (QED) is 0.135. The summed E-state index contributed by atoms with van der Waals surface area (Å²) in [6.45, 7) is -0.475. The number of rotatable bonds is 7. The van der Waals surface area contributed by atoms with Crippen molar-refractivity contribution in [3.05, 3.63) is 83.4 Å². The predicted molar refractivity (Wildman–Crippen MR) is 144 cm³/mol. The fraction of sp³-hybridized carbons (Fsp3) is 0.267. The topological polar surface area (TPSA) is 192 Å². The number of ketones is 1. The molecule has 3 aromatic rings. The molecule has 0 aliphatic carbocycles. The zero-order valence-corrected chi connectivity index (χ0v) is 21.9. The molecule has 6 N–H and O–H groups in total. The summed E-state index contributed by atoms with van der Waals surface area (Å²) >= 11 is 0. The van der Waals surface area contributed by atoms with E-state index in [0.717, 1.165) is 11.6 Å². The number of aliphatic hydroxyl groups excluding tert-OH is 3. The van der Waals surface area contributed by atoms with Crippen LogP contribution in [-0.2, 0) is 14.3 Å². The Hall–Kier alpha value is -4.62. The van der Waals surface area contributed by atoms with Crippen molar-refractivity contribution in [3.63, 3.8) is 0 Å². The van der Waals surface area contributed by atoms with Crippen molar-refractivity contribution in [2.45, 2.75) is 43.2 Å². The third kappa shape index (κ3) is 6.16. The van der Waals surface area contributed by atoms with Gasteiger partial charge in [-0.15, -0.1) is 0 Å². The van der Waals surface area contributed by atoms with Crippen LogP contribution >= 0.6 is 0 Å². The summed E-state index contributed by atoms with van der Waals surface area (Å²) in [6.07, 6.45) is -6.22. The zero-order chi connectivity index (χ0) is 30.0. The van der Waals surface area contributed by atoms with E-state index in [2.05, 4.69) is 0 Å². The number of Topliss-reactive ketones (excluding diaryl/α,β-unsaturated/α-hetero) is 1. The molecule has 0 unspecified atom stereocenters. The molecule has 0 radical (unpaired) electrons. The fourth-order valence-corrected chi connectivity index (χ4v) is 4.64. The van der Waals surface area contributed by atoms with E-state index >= 15 is 0 Å². The lowest BCUT2D eigenvalue weighted by Gasteiger charge is -2.40. The standard InChI is InChI=1S/C30H28O12/c31-18-8-7-16(10-19(18)32)22-13-21(34)26-20(33)11-17(12-23(26)41-22)40-30-29(38)28(37)27(36)24(42-30)14-39-25(35)9-6-15-4-2-1-3-5-15/h1-12,22,24,27-33,36-38H,13-14H2/t22-,24+,27+,28-,29+,30+/m0/s1. The molecule has 0 bridgehead atoms. The van der Waals surface area contributed by atoms with E-state index in [1.807, 2.05) is 6.07 Å². The molecule has 1 fully saturated rings. The number of phenolic OH excluding ortho intramolecular Hbond substituents is 3. The first kappa shape index (κ1) is 28.9. The van der Waals surface area contributed by atoms with Crippen molar-refractivity contribution >= 4 is 17.8 Å². The first-order valence-corrected chi connectivity index (χ1v) is 13.0. The minimum Gasteiger partial charge on any atom is -0.507 e. The zero-order valence-electron chi connectivity index (χ0n) is 21.9. The van der Waals surface area contributed by atoms with Crippen molar-refractivity contribution in [1.82, 2.24) is 0 Å². The highest BCUT2D eigenvalue weighted by Crippen LogP contribution is 2.43. The number of carbonyl (C=O) groups is 2. The number of ether oxygens (including phenoxy) is 4. The van der Waals surface area contributed by atoms with Gasteiger partial charge in [0.15, 0.2) is 17.3 Å². The van der Waals surface area contributed by atoms with E-state index in [0.29, 0.717) is 5.56 Å². The van der Waals surface area contributed by atoms with Gasteiger partial charge in [-0.3, -0.25) is 4.79 Å². The Morgan fingerprint density at radius 1 is 0.905 bits per heavy atom. The molecule has 42 heavy (non-hydrogen) atoms. The molecule has 220 valence electrons. The second-order valence-electron chi connectivity index (χ2n) is 9.80. The fourth-order valence-electron chi connectivity index (χ4n) is 4.64. The van der Waals surface area contributed by atoms with Crippen LogP contribution < -0.4 is 9.47 Å². The minimum absolute atomic E-state index is 0.0552. The summed E-state index contributed by atoms with van der Waals surface area (Å²) in [6, 6.07) is 15.4. The van der Waals surface area contributed by atoms with Gasteiger partial charge in [0.05, 0.1) is 6.42 Å². The molecule has 0 amide bonds. The molecule has 0 aromatic heterocycles. The molecule has 3 aromatic carbocycles. The van der Waals surface area contributed by atoms with Gasteiger partial charge in [0.1, 0.15) is 59.9 Å². The molecule has 6 atom stereocenters. The summed E-state index contributed by atoms with van der Waals surface area (Å²) in [7, 11) is 0. The van der Waals surface area contributed by atoms with Crippen molar-refractivity contribution in [2.24, 2.45) is 0 Å². The molecule has 1 saturated heterocycles. The van der Waals surface area contributed by atoms with Crippen LogP contribution in [0.2, 0.25) is 0 Å². The average Bonchev–Trinajstić information content (AvgIpc) is 2.97. The number of fused-ring (bicyclic) bond motifs is 1. The molecule has 2 aliphatic heterocycles. The molecular formula is C30H28O12. The van der Waals surface area contributed by atoms with Gasteiger partial charge in [-0.05, 0) is 29.3 Å². The first-order chi connectivity index (χ1) is 20.1. The van der Waals surface area contributed by atoms with Crippen molar-refractivity contribution in [2.75, 3.05) is 6.61 Å². The Morgan fingerprint density at radius 3 is 2.40 bits per heavy atom. The molecule has 2 aliphatic rings. The molecule has 2 heterocycles. The number of esters is 1. The molecule has 5 rings (SSSR count). The Labute approximate surface area is 239 Å². The summed E-state index contributed by atoms with van der Waals surface area (Å²) in [5, 5.41) is 61.2. The number of hydrogen-bond acceptors (Lipinski definition) is 12. The summed E-state index contributed by atoms with van der Waals surface area (Å²) in [5.74, 6) is -2.56. The van der Waals surface area contributed by atoms with Crippen LogP contribution in [-0.4, -0.2) is 79.7 Å². The smallest absolute Gasteiger partial charge is 0.330 e. The second-order valence-corrected chi connectivity index (χ2v) is 9.80. The van der Waals surface area contributed by atoms with Crippen LogP contribution in [0.5, 0.6) is 28.7 Å². The molecule has 0 saturated carbocycles. The van der Waals surface area contributed by atoms with E-state index in [-0.39, 0.29) is 29.2 Å². The number of aromatic hydroxyl groups is 3. The van der Waals surface area contributed by atoms with E-state index in [4.69, 9.17) is 18.9 Å². The van der Waals surface area contributed by atoms with Crippen molar-refractivity contribution in [3.8, 4) is 28.7 Å². The lowest BCUT2D eigenvalue weighted by atomic mass is 9.95. The van der Waals surface area contributed by atoms with Crippen LogP contribution in [0.3, 0.4) is 0 Å². The average molecular weight is 581 g/mol. The number of phenols is 3. The highest BCUT2D eigenvalue weighted by molar-refractivity contribution is 6.02. The van der Waals surface area contributed by atoms with Crippen molar-refractivity contribution < 1.29 is 59.2 Å². The minimum atomic E-state index is -1.74. The number of hydrogen-bond donors (Lipinski definition) is 6. The van der Waals surface area contributed by atoms with Gasteiger partial charge in [-0.25, -0.2) is 4.79 Å². The van der Waals surface area contributed by atoms with Gasteiger partial charge in [0.25, 0.3) is 0 Å². The highest BCUT2D eigenvalue weighted by Gasteiger charge is 2.45. The van der Waals surface area contributed by atoms with Crippen molar-refractivity contribution in [1.29, 1.82) is 0 Å². The normalized spacial score (nSPS) is 25.5. The Bertz CT molecular complexity index is 1490. The van der Waals surface area contributed by atoms with Gasteiger partial charge < -0.3 is 49.6 Å². The van der Waals surface area contributed by atoms with Crippen LogP contribution in [0.15, 0.2) is 66.7 Å². The van der Waals surface area contributed by atoms with Crippen LogP contribution in [0, 0.1) is 0 Å². The van der Waals surface area contributed by atoms with Crippen LogP contribution in [0.4, 0.5) is 0 Å². The number of benzene rings is 3. The van der Waals surface area contributed by atoms with Gasteiger partial charge in [0.2, 0.25) is 6.29 Å². The second kappa shape index (κ2) is 12.1. The lowest BCUT2D eigenvalue weighted by molar-refractivity contribution is -0.278. The SMILES string of the molecule is O=C(C=Cc1ccccc1)OC[C@H]1O[C@@H](Oc2cc(O)c3c(c2)O[C@H](c2ccc(O)c(O)c2)CC3=O)[C@H](O)[C@@H](O)[C@@H]1O. The first-order valence-electron chi connectivity index (χ1n) is 13.0. The number of aliphatic hydroxyl groups is 3. The Balaban J connectivity index is 1.28. The Kier molecular flexibility index (Phi) is 8.31. The van der Waals surface area contributed by atoms with E-state index in [9.17, 15) is 40.2 Å². The highest BCUT2D eigenvalue weighted by atomic mass is 16.7. The van der Waals surface area contributed by atoms with Crippen LogP contribution in [0.25, 0.3) is 6.08 Å². The molecular weight excluding hydrogens is 552 g/mol. The predicted octanol–water partition coefficient (Wildman–Crippen LogP) is 1.95. The van der Waals surface area contributed by atoms with Gasteiger partial charge >= 0.3 is 5.97 Å². The summed E-state index contributed by atoms with van der Waals surface area (Å²) in [4.78, 5) is 25.0. The monoisotopic (exact) mass is 580 g/mol. The summed E-state index contributed by atoms with van der Waals surface area (Å²) in [5.41, 5.74) is 1.06. The largest absolute Gasteiger partial charge is 0.507 e. The molecule has 0 spiro atoms. The van der Waals surface area contributed by atoms with Crippen LogP contribution in [0.1, 0.15) is 34.0 Å². The van der Waals surface area contributed by atoms with E-state index < -0.39 is 66.7 Å². The van der Waals surface area contributed by atoms with Gasteiger partial charge in [-0.2, -0.15) is 0 Å². The molecule has 12 heteroatoms. The van der Waals surface area contributed by atoms with E-state index in [1.54, 1.807) is 24.3 Å². The third-order valence-electron chi connectivity index (χ3n) is 6.87. The maximum atomic E-state index is 12.8. The lowest BCUT2D eigenvalue weighted by Crippen LogP contribution is -2.60. The summed E-state index contributed by atoms with van der Waals surface area (Å²) < 4.78 is 22.3. The third-order valence-corrected chi connectivity index (χ3v) is 6.87. The number of carbonyl (C=O) groups excluding carboxylic acids is 2. The van der Waals surface area contributed by atoms with Gasteiger partial charge in [-0.1, -0.05) is 36.4 Å². The van der Waals surface area contributed by atoms with Gasteiger partial charge in [0, 0.05) is 18.2 Å². The molecule has 12 nitrogen and oxygen atoms in total. The Morgan fingerprint density at radius 2 is 1.67 bits per heavy atom. The van der Waals surface area contributed by atoms with E-state index in [1.165, 1.54) is 36.4 Å². The maximum Gasteiger partial charge on any atom is 0.330 e. The maximum absolute atomic E-state index is 12.8.